The van der Waals surface area contributed by atoms with Crippen LogP contribution in [0, 0.1) is 6.92 Å². The van der Waals surface area contributed by atoms with E-state index in [0.29, 0.717) is 0 Å². The van der Waals surface area contributed by atoms with Gasteiger partial charge in [0.2, 0.25) is 0 Å². The van der Waals surface area contributed by atoms with E-state index in [4.69, 9.17) is 5.11 Å². The van der Waals surface area contributed by atoms with E-state index in [-0.39, 0.29) is 6.42 Å². The van der Waals surface area contributed by atoms with Gasteiger partial charge in [0.15, 0.2) is 0 Å². The lowest BCUT2D eigenvalue weighted by Crippen LogP contribution is -1.98. The fraction of sp³-hybridized carbons (Fsp3) is 0.462. The second-order valence-electron chi connectivity index (χ2n) is 3.87. The molecule has 82 valence electrons. The number of rotatable bonds is 5. The van der Waals surface area contributed by atoms with Crippen molar-refractivity contribution >= 4 is 5.97 Å². The largest absolute Gasteiger partial charge is 0.481 e. The zero-order valence-corrected chi connectivity index (χ0v) is 9.42. The number of hydrogen-bond acceptors (Lipinski definition) is 1. The summed E-state index contributed by atoms with van der Waals surface area (Å²) >= 11 is 0. The molecule has 0 fully saturated rings. The maximum Gasteiger partial charge on any atom is 0.303 e. The van der Waals surface area contributed by atoms with Gasteiger partial charge in [0.05, 0.1) is 0 Å². The van der Waals surface area contributed by atoms with Crippen LogP contribution < -0.4 is 0 Å². The number of benzene rings is 1. The Morgan fingerprint density at radius 1 is 1.33 bits per heavy atom. The maximum absolute atomic E-state index is 10.4. The molecule has 0 aliphatic carbocycles. The number of carboxylic acids is 1. The van der Waals surface area contributed by atoms with Gasteiger partial charge in [-0.05, 0) is 37.3 Å². The number of aryl methyl sites for hydroxylation is 3. The van der Waals surface area contributed by atoms with Gasteiger partial charge in [0, 0.05) is 6.42 Å². The van der Waals surface area contributed by atoms with Crippen LogP contribution in [0.1, 0.15) is 36.5 Å². The Morgan fingerprint density at radius 2 is 2.07 bits per heavy atom. The van der Waals surface area contributed by atoms with E-state index in [1.54, 1.807) is 0 Å². The monoisotopic (exact) mass is 206 g/mol. The average molecular weight is 206 g/mol. The van der Waals surface area contributed by atoms with Crippen molar-refractivity contribution in [3.05, 3.63) is 34.9 Å². The van der Waals surface area contributed by atoms with Crippen molar-refractivity contribution in [3.63, 3.8) is 0 Å². The van der Waals surface area contributed by atoms with E-state index in [0.717, 1.165) is 19.3 Å². The number of carbonyl (C=O) groups is 1. The quantitative estimate of drug-likeness (QED) is 0.804. The summed E-state index contributed by atoms with van der Waals surface area (Å²) in [4.78, 5) is 10.4. The van der Waals surface area contributed by atoms with Gasteiger partial charge in [-0.1, -0.05) is 30.7 Å². The van der Waals surface area contributed by atoms with Gasteiger partial charge < -0.3 is 5.11 Å². The Morgan fingerprint density at radius 3 is 2.67 bits per heavy atom. The molecule has 0 spiro atoms. The van der Waals surface area contributed by atoms with Crippen molar-refractivity contribution in [3.8, 4) is 0 Å². The third-order valence-electron chi connectivity index (χ3n) is 2.58. The van der Waals surface area contributed by atoms with Gasteiger partial charge >= 0.3 is 5.97 Å². The van der Waals surface area contributed by atoms with Gasteiger partial charge in [-0.15, -0.1) is 0 Å². The summed E-state index contributed by atoms with van der Waals surface area (Å²) in [5, 5.41) is 8.57. The molecule has 15 heavy (non-hydrogen) atoms. The second-order valence-corrected chi connectivity index (χ2v) is 3.87. The molecule has 0 saturated heterocycles. The van der Waals surface area contributed by atoms with Crippen molar-refractivity contribution in [2.45, 2.75) is 39.5 Å². The first-order chi connectivity index (χ1) is 7.13. The van der Waals surface area contributed by atoms with E-state index >= 15 is 0 Å². The first kappa shape index (κ1) is 11.8. The molecule has 0 aromatic heterocycles. The number of hydrogen-bond donors (Lipinski definition) is 1. The lowest BCUT2D eigenvalue weighted by atomic mass is 9.98. The van der Waals surface area contributed by atoms with E-state index < -0.39 is 5.97 Å². The number of aliphatic carboxylic acids is 1. The van der Waals surface area contributed by atoms with Crippen LogP contribution in [0.15, 0.2) is 18.2 Å². The van der Waals surface area contributed by atoms with Crippen LogP contribution in [0.3, 0.4) is 0 Å². The molecule has 1 aromatic carbocycles. The molecule has 0 radical (unpaired) electrons. The minimum atomic E-state index is -0.708. The van der Waals surface area contributed by atoms with Crippen molar-refractivity contribution < 1.29 is 9.90 Å². The zero-order valence-electron chi connectivity index (χ0n) is 9.42. The minimum Gasteiger partial charge on any atom is -0.481 e. The maximum atomic E-state index is 10.4. The molecule has 0 heterocycles. The predicted octanol–water partition coefficient (Wildman–Crippen LogP) is 2.96. The highest BCUT2D eigenvalue weighted by molar-refractivity contribution is 5.66. The molecule has 0 amide bonds. The molecule has 0 aliphatic rings. The summed E-state index contributed by atoms with van der Waals surface area (Å²) in [6.45, 7) is 4.20. The Bertz CT molecular complexity index is 342. The highest BCUT2D eigenvalue weighted by atomic mass is 16.4. The van der Waals surface area contributed by atoms with Gasteiger partial charge in [-0.2, -0.15) is 0 Å². The van der Waals surface area contributed by atoms with E-state index in [1.165, 1.54) is 16.7 Å². The van der Waals surface area contributed by atoms with Crippen molar-refractivity contribution in [2.75, 3.05) is 0 Å². The van der Waals surface area contributed by atoms with Crippen LogP contribution in [0.5, 0.6) is 0 Å². The highest BCUT2D eigenvalue weighted by Gasteiger charge is 2.03. The molecule has 2 heteroatoms. The van der Waals surface area contributed by atoms with Gasteiger partial charge in [-0.25, -0.2) is 0 Å². The smallest absolute Gasteiger partial charge is 0.303 e. The predicted molar refractivity (Wildman–Crippen MR) is 61.1 cm³/mol. The van der Waals surface area contributed by atoms with Crippen LogP contribution >= 0.6 is 0 Å². The molecule has 0 saturated carbocycles. The molecule has 1 rings (SSSR count). The normalized spacial score (nSPS) is 10.3. The lowest BCUT2D eigenvalue weighted by molar-refractivity contribution is -0.137. The molecule has 1 aromatic rings. The second kappa shape index (κ2) is 5.54. The number of carboxylic acid groups (broad SMARTS) is 1. The summed E-state index contributed by atoms with van der Waals surface area (Å²) < 4.78 is 0. The fourth-order valence-electron chi connectivity index (χ4n) is 1.76. The molecule has 2 nitrogen and oxygen atoms in total. The topological polar surface area (TPSA) is 37.3 Å². The summed E-state index contributed by atoms with van der Waals surface area (Å²) in [6, 6.07) is 6.42. The van der Waals surface area contributed by atoms with Crippen LogP contribution in [-0.2, 0) is 17.6 Å². The van der Waals surface area contributed by atoms with Gasteiger partial charge in [0.1, 0.15) is 0 Å². The van der Waals surface area contributed by atoms with Crippen LogP contribution in [0.2, 0.25) is 0 Å². The van der Waals surface area contributed by atoms with Gasteiger partial charge in [-0.3, -0.25) is 4.79 Å². The SMILES string of the molecule is CCc1ccc(C)cc1CCCC(=O)O. The van der Waals surface area contributed by atoms with Crippen LogP contribution in [0.4, 0.5) is 0 Å². The molecule has 0 aliphatic heterocycles. The molecular formula is C13H18O2. The zero-order chi connectivity index (χ0) is 11.3. The Balaban J connectivity index is 2.65. The third kappa shape index (κ3) is 3.74. The first-order valence-electron chi connectivity index (χ1n) is 5.43. The highest BCUT2D eigenvalue weighted by Crippen LogP contribution is 2.15. The summed E-state index contributed by atoms with van der Waals surface area (Å²) in [7, 11) is 0. The Kier molecular flexibility index (Phi) is 4.35. The molecule has 1 N–H and O–H groups in total. The Labute approximate surface area is 90.9 Å². The third-order valence-corrected chi connectivity index (χ3v) is 2.58. The van der Waals surface area contributed by atoms with E-state index in [2.05, 4.69) is 32.0 Å². The molecule has 0 bridgehead atoms. The van der Waals surface area contributed by atoms with Crippen molar-refractivity contribution in [2.24, 2.45) is 0 Å². The average Bonchev–Trinajstić information content (AvgIpc) is 2.17. The standard InChI is InChI=1S/C13H18O2/c1-3-11-8-7-10(2)9-12(11)5-4-6-13(14)15/h7-9H,3-6H2,1-2H3,(H,14,15). The van der Waals surface area contributed by atoms with Crippen LogP contribution in [-0.4, -0.2) is 11.1 Å². The van der Waals surface area contributed by atoms with Gasteiger partial charge in [0.25, 0.3) is 0 Å². The van der Waals surface area contributed by atoms with Crippen molar-refractivity contribution in [1.29, 1.82) is 0 Å². The van der Waals surface area contributed by atoms with E-state index in [1.807, 2.05) is 0 Å². The fourth-order valence-corrected chi connectivity index (χ4v) is 1.76. The lowest BCUT2D eigenvalue weighted by Gasteiger charge is -2.08. The molecule has 0 unspecified atom stereocenters. The summed E-state index contributed by atoms with van der Waals surface area (Å²) in [5.74, 6) is -0.708. The van der Waals surface area contributed by atoms with Crippen LogP contribution in [0.25, 0.3) is 0 Å². The summed E-state index contributed by atoms with van der Waals surface area (Å²) in [6.07, 6.45) is 2.88. The molecule has 0 atom stereocenters. The summed E-state index contributed by atoms with van der Waals surface area (Å²) in [5.41, 5.74) is 3.89. The minimum absolute atomic E-state index is 0.261. The van der Waals surface area contributed by atoms with Crippen molar-refractivity contribution in [1.82, 2.24) is 0 Å². The first-order valence-corrected chi connectivity index (χ1v) is 5.43. The Hall–Kier alpha value is -1.31. The molecular weight excluding hydrogens is 188 g/mol. The van der Waals surface area contributed by atoms with E-state index in [9.17, 15) is 4.79 Å².